The molecule has 1 fully saturated rings. The zero-order chi connectivity index (χ0) is 11.5. The van der Waals surface area contributed by atoms with Crippen molar-refractivity contribution in [1.29, 1.82) is 0 Å². The molecule has 1 aliphatic rings. The first kappa shape index (κ1) is 11.7. The van der Waals surface area contributed by atoms with Crippen LogP contribution in [-0.2, 0) is 6.61 Å². The zero-order valence-electron chi connectivity index (χ0n) is 9.76. The molecule has 1 aromatic heterocycles. The Kier molecular flexibility index (Phi) is 3.71. The van der Waals surface area contributed by atoms with Gasteiger partial charge in [0.05, 0.1) is 6.61 Å². The lowest BCUT2D eigenvalue weighted by Gasteiger charge is -2.35. The molecular weight excluding hydrogens is 220 g/mol. The highest BCUT2D eigenvalue weighted by Crippen LogP contribution is 2.27. The van der Waals surface area contributed by atoms with Crippen LogP contribution < -0.4 is 4.90 Å². The number of pyridine rings is 1. The van der Waals surface area contributed by atoms with E-state index >= 15 is 0 Å². The second-order valence-corrected chi connectivity index (χ2v) is 6.23. The number of aliphatic hydroxyl groups excluding tert-OH is 1. The van der Waals surface area contributed by atoms with Crippen LogP contribution in [0.3, 0.4) is 0 Å². The summed E-state index contributed by atoms with van der Waals surface area (Å²) >= 11 is 2.04. The van der Waals surface area contributed by atoms with Crippen molar-refractivity contribution in [1.82, 2.24) is 4.98 Å². The van der Waals surface area contributed by atoms with E-state index < -0.39 is 0 Å². The smallest absolute Gasteiger partial charge is 0.128 e. The van der Waals surface area contributed by atoms with Crippen molar-refractivity contribution in [2.75, 3.05) is 18.0 Å². The summed E-state index contributed by atoms with van der Waals surface area (Å²) < 4.78 is 0. The van der Waals surface area contributed by atoms with E-state index in [4.69, 9.17) is 5.11 Å². The van der Waals surface area contributed by atoms with Crippen LogP contribution in [0, 0.1) is 0 Å². The molecular formula is C12H18N2OS. The summed E-state index contributed by atoms with van der Waals surface area (Å²) in [5.41, 5.74) is 0.872. The molecule has 1 aromatic rings. The van der Waals surface area contributed by atoms with Gasteiger partial charge in [-0.05, 0) is 11.6 Å². The molecule has 0 bridgehead atoms. The lowest BCUT2D eigenvalue weighted by atomic mass is 10.2. The topological polar surface area (TPSA) is 36.4 Å². The second-order valence-electron chi connectivity index (χ2n) is 4.35. The van der Waals surface area contributed by atoms with Gasteiger partial charge in [-0.2, -0.15) is 11.8 Å². The molecule has 2 atom stereocenters. The first-order chi connectivity index (χ1) is 7.69. The summed E-state index contributed by atoms with van der Waals surface area (Å²) in [4.78, 5) is 6.73. The SMILES string of the molecule is CC1CN(c2ccc(CO)cn2)CC(C)S1. The Morgan fingerprint density at radius 3 is 2.56 bits per heavy atom. The molecule has 1 saturated heterocycles. The van der Waals surface area contributed by atoms with Crippen LogP contribution in [0.5, 0.6) is 0 Å². The largest absolute Gasteiger partial charge is 0.392 e. The highest BCUT2D eigenvalue weighted by molar-refractivity contribution is 8.00. The highest BCUT2D eigenvalue weighted by Gasteiger charge is 2.22. The molecule has 0 aromatic carbocycles. The maximum absolute atomic E-state index is 8.97. The molecule has 0 amide bonds. The Labute approximate surface area is 101 Å². The van der Waals surface area contributed by atoms with Gasteiger partial charge in [-0.1, -0.05) is 19.9 Å². The van der Waals surface area contributed by atoms with Crippen molar-refractivity contribution in [3.05, 3.63) is 23.9 Å². The van der Waals surface area contributed by atoms with Crippen molar-refractivity contribution in [3.8, 4) is 0 Å². The molecule has 0 spiro atoms. The fraction of sp³-hybridized carbons (Fsp3) is 0.583. The van der Waals surface area contributed by atoms with Crippen molar-refractivity contribution in [3.63, 3.8) is 0 Å². The summed E-state index contributed by atoms with van der Waals surface area (Å²) in [5.74, 6) is 1.02. The molecule has 4 heteroatoms. The van der Waals surface area contributed by atoms with Crippen molar-refractivity contribution in [2.45, 2.75) is 31.0 Å². The number of hydrogen-bond donors (Lipinski definition) is 1. The molecule has 2 rings (SSSR count). The average molecular weight is 238 g/mol. The van der Waals surface area contributed by atoms with Gasteiger partial charge in [0.15, 0.2) is 0 Å². The summed E-state index contributed by atoms with van der Waals surface area (Å²) in [6.07, 6.45) is 1.76. The van der Waals surface area contributed by atoms with Crippen LogP contribution >= 0.6 is 11.8 Å². The number of aromatic nitrogens is 1. The quantitative estimate of drug-likeness (QED) is 0.854. The van der Waals surface area contributed by atoms with Gasteiger partial charge >= 0.3 is 0 Å². The van der Waals surface area contributed by atoms with Crippen LogP contribution in [-0.4, -0.2) is 33.7 Å². The first-order valence-electron chi connectivity index (χ1n) is 5.65. The monoisotopic (exact) mass is 238 g/mol. The number of nitrogens with zero attached hydrogens (tertiary/aromatic N) is 2. The molecule has 0 radical (unpaired) electrons. The van der Waals surface area contributed by atoms with Gasteiger partial charge in [0.25, 0.3) is 0 Å². The van der Waals surface area contributed by atoms with Crippen molar-refractivity contribution in [2.24, 2.45) is 0 Å². The molecule has 0 saturated carbocycles. The number of thioether (sulfide) groups is 1. The third kappa shape index (κ3) is 2.68. The van der Waals surface area contributed by atoms with Crippen molar-refractivity contribution < 1.29 is 5.11 Å². The van der Waals surface area contributed by atoms with E-state index in [2.05, 4.69) is 23.7 Å². The Hall–Kier alpha value is -0.740. The van der Waals surface area contributed by atoms with Crippen LogP contribution in [0.4, 0.5) is 5.82 Å². The molecule has 1 aliphatic heterocycles. The number of aliphatic hydroxyl groups is 1. The van der Waals surface area contributed by atoms with Crippen LogP contribution in [0.2, 0.25) is 0 Å². The van der Waals surface area contributed by atoms with E-state index in [9.17, 15) is 0 Å². The molecule has 0 aliphatic carbocycles. The van der Waals surface area contributed by atoms with Gasteiger partial charge in [0.1, 0.15) is 5.82 Å². The van der Waals surface area contributed by atoms with E-state index in [-0.39, 0.29) is 6.61 Å². The predicted octanol–water partition coefficient (Wildman–Crippen LogP) is 1.90. The Morgan fingerprint density at radius 2 is 2.06 bits per heavy atom. The molecule has 1 N–H and O–H groups in total. The fourth-order valence-electron chi connectivity index (χ4n) is 2.06. The third-order valence-electron chi connectivity index (χ3n) is 2.74. The van der Waals surface area contributed by atoms with Gasteiger partial charge in [-0.15, -0.1) is 0 Å². The lowest BCUT2D eigenvalue weighted by molar-refractivity contribution is 0.281. The van der Waals surface area contributed by atoms with Gasteiger partial charge in [0, 0.05) is 29.8 Å². The second kappa shape index (κ2) is 5.06. The summed E-state index contributed by atoms with van der Waals surface area (Å²) in [7, 11) is 0. The molecule has 88 valence electrons. The van der Waals surface area contributed by atoms with Gasteiger partial charge in [0.2, 0.25) is 0 Å². The zero-order valence-corrected chi connectivity index (χ0v) is 10.6. The van der Waals surface area contributed by atoms with E-state index in [1.165, 1.54) is 0 Å². The van der Waals surface area contributed by atoms with Crippen molar-refractivity contribution >= 4 is 17.6 Å². The van der Waals surface area contributed by atoms with E-state index in [1.54, 1.807) is 6.20 Å². The minimum Gasteiger partial charge on any atom is -0.392 e. The Bertz CT molecular complexity index is 331. The van der Waals surface area contributed by atoms with E-state index in [0.717, 1.165) is 24.5 Å². The predicted molar refractivity (Wildman–Crippen MR) is 68.9 cm³/mol. The van der Waals surface area contributed by atoms with Crippen LogP contribution in [0.15, 0.2) is 18.3 Å². The number of hydrogen-bond acceptors (Lipinski definition) is 4. The molecule has 2 unspecified atom stereocenters. The van der Waals surface area contributed by atoms with Gasteiger partial charge < -0.3 is 10.0 Å². The standard InChI is InChI=1S/C12H18N2OS/c1-9-6-14(7-10(2)16-9)12-4-3-11(8-15)5-13-12/h3-5,9-10,15H,6-8H2,1-2H3. The maximum atomic E-state index is 8.97. The Morgan fingerprint density at radius 1 is 1.38 bits per heavy atom. The number of anilines is 1. The molecule has 2 heterocycles. The van der Waals surface area contributed by atoms with Gasteiger partial charge in [-0.25, -0.2) is 4.98 Å². The Balaban J connectivity index is 2.10. The van der Waals surface area contributed by atoms with Crippen LogP contribution in [0.1, 0.15) is 19.4 Å². The maximum Gasteiger partial charge on any atom is 0.128 e. The average Bonchev–Trinajstić information content (AvgIpc) is 2.28. The first-order valence-corrected chi connectivity index (χ1v) is 6.59. The van der Waals surface area contributed by atoms with E-state index in [0.29, 0.717) is 10.5 Å². The lowest BCUT2D eigenvalue weighted by Crippen LogP contribution is -2.40. The minimum absolute atomic E-state index is 0.0654. The fourth-order valence-corrected chi connectivity index (χ4v) is 3.39. The van der Waals surface area contributed by atoms with Gasteiger partial charge in [-0.3, -0.25) is 0 Å². The third-order valence-corrected chi connectivity index (χ3v) is 3.96. The summed E-state index contributed by atoms with van der Waals surface area (Å²) in [6, 6.07) is 3.94. The summed E-state index contributed by atoms with van der Waals surface area (Å²) in [6.45, 7) is 6.70. The van der Waals surface area contributed by atoms with E-state index in [1.807, 2.05) is 23.9 Å². The molecule has 3 nitrogen and oxygen atoms in total. The highest BCUT2D eigenvalue weighted by atomic mass is 32.2. The molecule has 16 heavy (non-hydrogen) atoms. The van der Waals surface area contributed by atoms with Crippen LogP contribution in [0.25, 0.3) is 0 Å². The minimum atomic E-state index is 0.0654. The number of rotatable bonds is 2. The summed E-state index contributed by atoms with van der Waals surface area (Å²) in [5, 5.41) is 10.3. The normalized spacial score (nSPS) is 25.8.